The molecule has 1 N–H and O–H groups in total. The van der Waals surface area contributed by atoms with Gasteiger partial charge in [0, 0.05) is 5.92 Å². The van der Waals surface area contributed by atoms with Gasteiger partial charge in [0.2, 0.25) is 0 Å². The van der Waals surface area contributed by atoms with Crippen LogP contribution in [-0.4, -0.2) is 18.3 Å². The standard InChI is InChI=1S/C13H17O2/c1-15-11-6-4-5-10(9-11)12-7-2-3-8-13(12)14/h4-6,8-9,12-14H,2-3,7H2,1H3/t12-,13+/m0/s1. The number of ether oxygens (including phenoxy) is 1. The Morgan fingerprint density at radius 3 is 3.00 bits per heavy atom. The largest absolute Gasteiger partial charge is 0.497 e. The van der Waals surface area contributed by atoms with Gasteiger partial charge in [0.15, 0.2) is 0 Å². The first-order valence-electron chi connectivity index (χ1n) is 5.46. The summed E-state index contributed by atoms with van der Waals surface area (Å²) in [4.78, 5) is 0. The molecular formula is C13H17O2. The minimum Gasteiger partial charge on any atom is -0.497 e. The molecule has 0 unspecified atom stereocenters. The lowest BCUT2D eigenvalue weighted by Gasteiger charge is -2.27. The number of hydrogen-bond acceptors (Lipinski definition) is 2. The van der Waals surface area contributed by atoms with Gasteiger partial charge in [-0.2, -0.15) is 0 Å². The summed E-state index contributed by atoms with van der Waals surface area (Å²) in [5.74, 6) is 1.11. The van der Waals surface area contributed by atoms with Gasteiger partial charge in [-0.15, -0.1) is 0 Å². The molecule has 2 atom stereocenters. The van der Waals surface area contributed by atoms with Gasteiger partial charge in [0.25, 0.3) is 0 Å². The quantitative estimate of drug-likeness (QED) is 0.804. The van der Waals surface area contributed by atoms with Crippen molar-refractivity contribution in [3.8, 4) is 5.75 Å². The van der Waals surface area contributed by atoms with Crippen molar-refractivity contribution in [1.29, 1.82) is 0 Å². The highest BCUT2D eigenvalue weighted by Crippen LogP contribution is 2.33. The number of benzene rings is 1. The fraction of sp³-hybridized carbons (Fsp3) is 0.462. The van der Waals surface area contributed by atoms with Crippen LogP contribution in [-0.2, 0) is 0 Å². The van der Waals surface area contributed by atoms with Crippen LogP contribution in [0.2, 0.25) is 0 Å². The topological polar surface area (TPSA) is 29.5 Å². The van der Waals surface area contributed by atoms with Crippen LogP contribution in [0.25, 0.3) is 0 Å². The van der Waals surface area contributed by atoms with E-state index in [4.69, 9.17) is 4.74 Å². The Balaban J connectivity index is 2.19. The highest BCUT2D eigenvalue weighted by Gasteiger charge is 2.24. The van der Waals surface area contributed by atoms with Crippen molar-refractivity contribution in [3.05, 3.63) is 36.2 Å². The van der Waals surface area contributed by atoms with Crippen LogP contribution >= 0.6 is 0 Å². The summed E-state index contributed by atoms with van der Waals surface area (Å²) >= 11 is 0. The molecule has 2 heteroatoms. The molecule has 1 radical (unpaired) electrons. The minimum atomic E-state index is -0.300. The van der Waals surface area contributed by atoms with E-state index in [1.54, 1.807) is 7.11 Å². The second-order valence-electron chi connectivity index (χ2n) is 4.04. The monoisotopic (exact) mass is 205 g/mol. The Morgan fingerprint density at radius 1 is 1.40 bits per heavy atom. The molecule has 0 amide bonds. The molecule has 0 aliphatic heterocycles. The Hall–Kier alpha value is -1.02. The molecule has 0 aromatic heterocycles. The average Bonchev–Trinajstić information content (AvgIpc) is 2.30. The van der Waals surface area contributed by atoms with Gasteiger partial charge in [0.1, 0.15) is 5.75 Å². The van der Waals surface area contributed by atoms with E-state index >= 15 is 0 Å². The molecule has 1 aliphatic carbocycles. The Bertz CT molecular complexity index is 322. The predicted octanol–water partition coefficient (Wildman–Crippen LogP) is 2.53. The first-order valence-corrected chi connectivity index (χ1v) is 5.46. The molecule has 1 aromatic rings. The number of aliphatic hydroxyl groups is 1. The smallest absolute Gasteiger partial charge is 0.119 e. The summed E-state index contributed by atoms with van der Waals surface area (Å²) < 4.78 is 5.19. The SMILES string of the molecule is COc1cccc([C@@H]2CCC[CH][C@H]2O)c1. The molecule has 0 heterocycles. The molecule has 1 fully saturated rings. The third-order valence-electron chi connectivity index (χ3n) is 3.06. The normalized spacial score (nSPS) is 26.3. The lowest BCUT2D eigenvalue weighted by Crippen LogP contribution is -2.23. The van der Waals surface area contributed by atoms with Crippen LogP contribution in [0.3, 0.4) is 0 Å². The summed E-state index contributed by atoms with van der Waals surface area (Å²) in [5.41, 5.74) is 1.18. The van der Waals surface area contributed by atoms with Gasteiger partial charge in [-0.25, -0.2) is 0 Å². The van der Waals surface area contributed by atoms with Crippen LogP contribution in [0.15, 0.2) is 24.3 Å². The molecule has 2 nitrogen and oxygen atoms in total. The zero-order valence-electron chi connectivity index (χ0n) is 9.02. The first-order chi connectivity index (χ1) is 7.31. The molecule has 15 heavy (non-hydrogen) atoms. The van der Waals surface area contributed by atoms with E-state index in [0.717, 1.165) is 18.6 Å². The van der Waals surface area contributed by atoms with Crippen molar-refractivity contribution in [2.75, 3.05) is 7.11 Å². The lowest BCUT2D eigenvalue weighted by atomic mass is 9.82. The van der Waals surface area contributed by atoms with Crippen molar-refractivity contribution in [2.24, 2.45) is 0 Å². The Morgan fingerprint density at radius 2 is 2.27 bits per heavy atom. The highest BCUT2D eigenvalue weighted by molar-refractivity contribution is 5.32. The molecule has 0 spiro atoms. The van der Waals surface area contributed by atoms with E-state index in [-0.39, 0.29) is 12.0 Å². The van der Waals surface area contributed by atoms with Crippen molar-refractivity contribution < 1.29 is 9.84 Å². The zero-order chi connectivity index (χ0) is 10.7. The minimum absolute atomic E-state index is 0.244. The van der Waals surface area contributed by atoms with Crippen LogP contribution in [0.5, 0.6) is 5.75 Å². The maximum atomic E-state index is 9.89. The average molecular weight is 205 g/mol. The van der Waals surface area contributed by atoms with Crippen LogP contribution in [0, 0.1) is 6.42 Å². The van der Waals surface area contributed by atoms with Gasteiger partial charge >= 0.3 is 0 Å². The summed E-state index contributed by atoms with van der Waals surface area (Å²) in [5, 5.41) is 9.89. The van der Waals surface area contributed by atoms with E-state index in [2.05, 4.69) is 6.07 Å². The molecule has 0 bridgehead atoms. The lowest BCUT2D eigenvalue weighted by molar-refractivity contribution is 0.149. The molecule has 0 saturated heterocycles. The predicted molar refractivity (Wildman–Crippen MR) is 59.9 cm³/mol. The summed E-state index contributed by atoms with van der Waals surface area (Å²) in [6.45, 7) is 0. The van der Waals surface area contributed by atoms with E-state index in [9.17, 15) is 5.11 Å². The van der Waals surface area contributed by atoms with E-state index in [0.29, 0.717) is 0 Å². The second-order valence-corrected chi connectivity index (χ2v) is 4.04. The van der Waals surface area contributed by atoms with Gasteiger partial charge < -0.3 is 9.84 Å². The maximum absolute atomic E-state index is 9.89. The Kier molecular flexibility index (Phi) is 3.27. The van der Waals surface area contributed by atoms with E-state index < -0.39 is 0 Å². The van der Waals surface area contributed by atoms with Crippen molar-refractivity contribution in [3.63, 3.8) is 0 Å². The molecule has 1 aromatic carbocycles. The summed E-state index contributed by atoms with van der Waals surface area (Å²) in [6.07, 6.45) is 4.96. The highest BCUT2D eigenvalue weighted by atomic mass is 16.5. The fourth-order valence-corrected chi connectivity index (χ4v) is 2.20. The van der Waals surface area contributed by atoms with Crippen molar-refractivity contribution >= 4 is 0 Å². The van der Waals surface area contributed by atoms with Gasteiger partial charge in [-0.1, -0.05) is 18.6 Å². The number of methoxy groups -OCH3 is 1. The van der Waals surface area contributed by atoms with Crippen LogP contribution < -0.4 is 4.74 Å². The van der Waals surface area contributed by atoms with Gasteiger partial charge in [-0.05, 0) is 37.0 Å². The first kappa shape index (κ1) is 10.5. The molecular weight excluding hydrogens is 188 g/mol. The molecule has 81 valence electrons. The number of rotatable bonds is 2. The van der Waals surface area contributed by atoms with Crippen molar-refractivity contribution in [1.82, 2.24) is 0 Å². The van der Waals surface area contributed by atoms with Crippen LogP contribution in [0.1, 0.15) is 30.7 Å². The third-order valence-corrected chi connectivity index (χ3v) is 3.06. The summed E-state index contributed by atoms with van der Waals surface area (Å²) in [6, 6.07) is 8.00. The van der Waals surface area contributed by atoms with Crippen LogP contribution in [0.4, 0.5) is 0 Å². The van der Waals surface area contributed by atoms with E-state index in [1.807, 2.05) is 24.6 Å². The second kappa shape index (κ2) is 4.67. The van der Waals surface area contributed by atoms with Gasteiger partial charge in [-0.3, -0.25) is 0 Å². The molecule has 2 rings (SSSR count). The summed E-state index contributed by atoms with van der Waals surface area (Å²) in [7, 11) is 1.67. The third kappa shape index (κ3) is 2.32. The Labute approximate surface area is 90.9 Å². The van der Waals surface area contributed by atoms with Gasteiger partial charge in [0.05, 0.1) is 13.2 Å². The molecule has 1 aliphatic rings. The zero-order valence-corrected chi connectivity index (χ0v) is 9.02. The number of hydrogen-bond donors (Lipinski definition) is 1. The fourth-order valence-electron chi connectivity index (χ4n) is 2.20. The molecule has 1 saturated carbocycles. The van der Waals surface area contributed by atoms with Crippen molar-refractivity contribution in [2.45, 2.75) is 31.3 Å². The van der Waals surface area contributed by atoms with E-state index in [1.165, 1.54) is 12.0 Å². The maximum Gasteiger partial charge on any atom is 0.119 e. The number of aliphatic hydroxyl groups excluding tert-OH is 1.